The van der Waals surface area contributed by atoms with Gasteiger partial charge in [0.05, 0.1) is 24.2 Å². The predicted octanol–water partition coefficient (Wildman–Crippen LogP) is 7.37. The van der Waals surface area contributed by atoms with Gasteiger partial charge in [0.15, 0.2) is 0 Å². The number of hydrogen-bond donors (Lipinski definition) is 2. The summed E-state index contributed by atoms with van der Waals surface area (Å²) in [5.74, 6) is 1.93. The van der Waals surface area contributed by atoms with Crippen LogP contribution in [-0.4, -0.2) is 46.0 Å². The van der Waals surface area contributed by atoms with Crippen LogP contribution in [0.25, 0.3) is 0 Å². The number of nitrogens with one attached hydrogen (secondary N) is 1. The van der Waals surface area contributed by atoms with E-state index in [1.165, 1.54) is 18.1 Å². The Labute approximate surface area is 309 Å². The lowest BCUT2D eigenvalue weighted by molar-refractivity contribution is -0.119. The second kappa shape index (κ2) is 19.0. The first-order valence-corrected chi connectivity index (χ1v) is 17.8. The van der Waals surface area contributed by atoms with E-state index in [0.717, 1.165) is 41.1 Å². The third-order valence-electron chi connectivity index (χ3n) is 8.45. The summed E-state index contributed by atoms with van der Waals surface area (Å²) < 4.78 is 0. The van der Waals surface area contributed by atoms with Crippen LogP contribution in [-0.2, 0) is 40.3 Å². The van der Waals surface area contributed by atoms with Crippen LogP contribution in [0.2, 0.25) is 10.3 Å². The maximum atomic E-state index is 12.5. The van der Waals surface area contributed by atoms with Crippen LogP contribution in [0.1, 0.15) is 97.1 Å². The standard InChI is InChI=1S/C20H22ClN3O.C18H18ClN3O.C2H4O/c1-3-22-20-18-15(12-23-20)10-16(24-19(18)21)11-17(25)9-13(2)14-7-5-4-6-8-14;1-11(12-5-3-2-4-6-12)7-15(23)9-14-8-13-10-21-18(20)16(13)17(19)22-14;1-2-3/h4-8,10,13H,3,9,11-12H2,1-2H3,(H,22,23);2-6,8,11H,7,9-10H2,1H3,(H2,20,21);2H,1H3/t13-;11-;/m00./s1. The molecule has 2 aliphatic heterocycles. The maximum absolute atomic E-state index is 12.5. The first-order valence-electron chi connectivity index (χ1n) is 17.0. The average molecular weight is 728 g/mol. The lowest BCUT2D eigenvalue weighted by atomic mass is 9.94. The van der Waals surface area contributed by atoms with Gasteiger partial charge in [0.1, 0.15) is 39.8 Å². The molecular weight excluding hydrogens is 683 g/mol. The molecule has 0 fully saturated rings. The minimum absolute atomic E-state index is 0.150. The highest BCUT2D eigenvalue weighted by atomic mass is 35.5. The first-order chi connectivity index (χ1) is 24.5. The number of hydrogen-bond acceptors (Lipinski definition) is 9. The van der Waals surface area contributed by atoms with Gasteiger partial charge >= 0.3 is 0 Å². The number of amidine groups is 2. The number of nitrogens with zero attached hydrogens (tertiary/aromatic N) is 4. The average Bonchev–Trinajstić information content (AvgIpc) is 3.69. The van der Waals surface area contributed by atoms with Crippen LogP contribution in [0.15, 0.2) is 82.8 Å². The van der Waals surface area contributed by atoms with Crippen molar-refractivity contribution in [2.45, 2.75) is 78.3 Å². The number of Topliss-reactive ketones (excluding diaryl/α,β-unsaturated/α-hetero) is 2. The Bertz CT molecular complexity index is 1900. The molecule has 0 amide bonds. The number of rotatable bonds is 11. The predicted molar refractivity (Wildman–Crippen MR) is 205 cm³/mol. The smallest absolute Gasteiger partial charge is 0.140 e. The fraction of sp³-hybridized carbons (Fsp3) is 0.325. The molecule has 0 radical (unpaired) electrons. The van der Waals surface area contributed by atoms with Crippen molar-refractivity contribution in [2.75, 3.05) is 6.54 Å². The van der Waals surface area contributed by atoms with E-state index in [9.17, 15) is 9.59 Å². The van der Waals surface area contributed by atoms with Crippen LogP contribution in [0.4, 0.5) is 0 Å². The number of halogens is 2. The number of aldehydes is 1. The summed E-state index contributed by atoms with van der Waals surface area (Å²) in [5, 5.41) is 3.96. The minimum atomic E-state index is 0.150. The van der Waals surface area contributed by atoms with Crippen LogP contribution in [0.5, 0.6) is 0 Å². The second-order valence-corrected chi connectivity index (χ2v) is 13.2. The molecule has 3 N–H and O–H groups in total. The van der Waals surface area contributed by atoms with Crippen LogP contribution in [0, 0.1) is 0 Å². The molecule has 0 spiro atoms. The Morgan fingerprint density at radius 3 is 1.69 bits per heavy atom. The Morgan fingerprint density at radius 2 is 1.22 bits per heavy atom. The maximum Gasteiger partial charge on any atom is 0.140 e. The highest BCUT2D eigenvalue weighted by Crippen LogP contribution is 2.28. The van der Waals surface area contributed by atoms with E-state index in [1.807, 2.05) is 67.6 Å². The van der Waals surface area contributed by atoms with Gasteiger partial charge < -0.3 is 15.8 Å². The van der Waals surface area contributed by atoms with Gasteiger partial charge in [0.2, 0.25) is 0 Å². The van der Waals surface area contributed by atoms with Gasteiger partial charge in [-0.25, -0.2) is 9.97 Å². The number of aliphatic imine (C=N–C) groups is 2. The van der Waals surface area contributed by atoms with Crippen molar-refractivity contribution in [3.8, 4) is 0 Å². The Kier molecular flexibility index (Phi) is 14.6. The zero-order valence-electron chi connectivity index (χ0n) is 29.5. The normalized spacial score (nSPS) is 13.5. The molecule has 2 aromatic carbocycles. The quantitative estimate of drug-likeness (QED) is 0.121. The number of aromatic nitrogens is 2. The van der Waals surface area contributed by atoms with E-state index < -0.39 is 0 Å². The molecule has 51 heavy (non-hydrogen) atoms. The number of benzene rings is 2. The molecule has 0 bridgehead atoms. The van der Waals surface area contributed by atoms with Gasteiger partial charge in [-0.1, -0.05) is 97.7 Å². The summed E-state index contributed by atoms with van der Waals surface area (Å²) >= 11 is 12.5. The molecule has 2 atom stereocenters. The van der Waals surface area contributed by atoms with Gasteiger partial charge in [0, 0.05) is 43.6 Å². The van der Waals surface area contributed by atoms with Gasteiger partial charge in [-0.3, -0.25) is 19.6 Å². The molecule has 6 rings (SSSR count). The minimum Gasteiger partial charge on any atom is -0.383 e. The van der Waals surface area contributed by atoms with Gasteiger partial charge in [-0.05, 0) is 60.1 Å². The molecule has 4 aromatic rings. The number of carbonyl (C=O) groups is 3. The topological polar surface area (TPSA) is 140 Å². The van der Waals surface area contributed by atoms with Gasteiger partial charge in [-0.15, -0.1) is 0 Å². The lowest BCUT2D eigenvalue weighted by Crippen LogP contribution is -2.23. The highest BCUT2D eigenvalue weighted by Gasteiger charge is 2.23. The zero-order chi connectivity index (χ0) is 36.9. The lowest BCUT2D eigenvalue weighted by Gasteiger charge is -2.12. The molecule has 9 nitrogen and oxygen atoms in total. The van der Waals surface area contributed by atoms with Gasteiger partial charge in [-0.2, -0.15) is 0 Å². The first kappa shape index (κ1) is 39.1. The fourth-order valence-corrected chi connectivity index (χ4v) is 6.67. The molecule has 2 aromatic heterocycles. The third kappa shape index (κ3) is 10.9. The monoisotopic (exact) mass is 726 g/mol. The Balaban J connectivity index is 0.000000213. The second-order valence-electron chi connectivity index (χ2n) is 12.5. The fourth-order valence-electron chi connectivity index (χ4n) is 6.03. The van der Waals surface area contributed by atoms with Crippen LogP contribution >= 0.6 is 23.2 Å². The van der Waals surface area contributed by atoms with Crippen molar-refractivity contribution in [3.63, 3.8) is 0 Å². The van der Waals surface area contributed by atoms with E-state index in [0.29, 0.717) is 59.8 Å². The SMILES string of the molecule is CC=O.CCNC1=NCc2cc(CC(=O)C[C@H](C)c3ccccc3)nc(Cl)c21.C[C@@H](CC(=O)Cc1cc2c(c(Cl)n1)C(N)=NC2)c1ccccc1. The molecular formula is C40H44Cl2N6O3. The summed E-state index contributed by atoms with van der Waals surface area (Å²) in [4.78, 5) is 50.9. The number of ketones is 2. The van der Waals surface area contributed by atoms with Crippen LogP contribution in [0.3, 0.4) is 0 Å². The molecule has 0 aliphatic carbocycles. The molecule has 0 unspecified atom stereocenters. The molecule has 266 valence electrons. The van der Waals surface area contributed by atoms with E-state index >= 15 is 0 Å². The highest BCUT2D eigenvalue weighted by molar-refractivity contribution is 6.34. The van der Waals surface area contributed by atoms with Crippen molar-refractivity contribution in [1.82, 2.24) is 15.3 Å². The van der Waals surface area contributed by atoms with E-state index in [4.69, 9.17) is 33.7 Å². The molecule has 11 heteroatoms. The van der Waals surface area contributed by atoms with Crippen molar-refractivity contribution in [1.29, 1.82) is 0 Å². The van der Waals surface area contributed by atoms with Gasteiger partial charge in [0.25, 0.3) is 0 Å². The van der Waals surface area contributed by atoms with Crippen molar-refractivity contribution >= 4 is 52.7 Å². The summed E-state index contributed by atoms with van der Waals surface area (Å²) in [7, 11) is 0. The zero-order valence-corrected chi connectivity index (χ0v) is 31.0. The van der Waals surface area contributed by atoms with E-state index in [2.05, 4.69) is 51.2 Å². The molecule has 0 saturated heterocycles. The molecule has 0 saturated carbocycles. The largest absolute Gasteiger partial charge is 0.383 e. The van der Waals surface area contributed by atoms with Crippen molar-refractivity contribution in [2.24, 2.45) is 15.7 Å². The summed E-state index contributed by atoms with van der Waals surface area (Å²) in [6, 6.07) is 24.0. The summed E-state index contributed by atoms with van der Waals surface area (Å²) in [5.41, 5.74) is 13.1. The van der Waals surface area contributed by atoms with Crippen molar-refractivity contribution < 1.29 is 14.4 Å². The Morgan fingerprint density at radius 1 is 0.784 bits per heavy atom. The van der Waals surface area contributed by atoms with Crippen molar-refractivity contribution in [3.05, 3.63) is 128 Å². The number of fused-ring (bicyclic) bond motifs is 2. The number of carbonyl (C=O) groups excluding carboxylic acids is 3. The third-order valence-corrected chi connectivity index (χ3v) is 8.99. The van der Waals surface area contributed by atoms with Crippen LogP contribution < -0.4 is 11.1 Å². The summed E-state index contributed by atoms with van der Waals surface area (Å²) in [6.45, 7) is 9.47. The number of pyridine rings is 2. The van der Waals surface area contributed by atoms with E-state index in [-0.39, 0.29) is 29.8 Å². The molecule has 4 heterocycles. The number of nitrogens with two attached hydrogens (primary N) is 1. The Hall–Kier alpha value is -4.73. The summed E-state index contributed by atoms with van der Waals surface area (Å²) in [6.07, 6.45) is 2.32. The molecule has 2 aliphatic rings. The van der Waals surface area contributed by atoms with E-state index in [1.54, 1.807) is 0 Å².